The number of nitrogens with one attached hydrogen (secondary N) is 2. The quantitative estimate of drug-likeness (QED) is 0.514. The molecule has 0 fully saturated rings. The van der Waals surface area contributed by atoms with Gasteiger partial charge in [0.2, 0.25) is 11.8 Å². The normalized spacial score (nSPS) is 17.9. The second-order valence-corrected chi connectivity index (χ2v) is 7.98. The summed E-state index contributed by atoms with van der Waals surface area (Å²) >= 11 is 0.931. The first kappa shape index (κ1) is 23.0. The van der Waals surface area contributed by atoms with E-state index >= 15 is 0 Å². The maximum atomic E-state index is 14.6. The predicted octanol–water partition coefficient (Wildman–Crippen LogP) is 3.24. The van der Waals surface area contributed by atoms with Crippen LogP contribution in [0.15, 0.2) is 59.1 Å². The monoisotopic (exact) mass is 453 g/mol. The Kier molecular flexibility index (Phi) is 7.28. The number of amides is 2. The highest BCUT2D eigenvalue weighted by molar-refractivity contribution is 8.03. The van der Waals surface area contributed by atoms with Gasteiger partial charge in [-0.15, -0.1) is 0 Å². The number of anilines is 1. The molecule has 0 bridgehead atoms. The standard InChI is InChI=1S/C23H20FN3O4S/c1-13-7-3-6-10-17(13)26-18(28)12-32-22-15(11-25)19(14-8-4-5-9-16(14)24)20(21(29)27-22)23(30)31-2/h3-10,19-20H,12H2,1-2H3,(H,26,28)(H,27,29)/t19-,20-/m0/s1. The van der Waals surface area contributed by atoms with Crippen LogP contribution in [0.25, 0.3) is 0 Å². The van der Waals surface area contributed by atoms with Gasteiger partial charge in [-0.25, -0.2) is 4.39 Å². The van der Waals surface area contributed by atoms with Crippen molar-refractivity contribution < 1.29 is 23.5 Å². The number of hydrogen-bond acceptors (Lipinski definition) is 6. The second kappa shape index (κ2) is 10.1. The van der Waals surface area contributed by atoms with Crippen LogP contribution in [0.2, 0.25) is 0 Å². The minimum atomic E-state index is -1.43. The first-order valence-corrected chi connectivity index (χ1v) is 10.6. The van der Waals surface area contributed by atoms with E-state index in [-0.39, 0.29) is 27.8 Å². The van der Waals surface area contributed by atoms with Crippen LogP contribution in [0.1, 0.15) is 17.0 Å². The van der Waals surface area contributed by atoms with Gasteiger partial charge in [-0.2, -0.15) is 5.26 Å². The Morgan fingerprint density at radius 2 is 1.91 bits per heavy atom. The number of methoxy groups -OCH3 is 1. The lowest BCUT2D eigenvalue weighted by Gasteiger charge is -2.31. The highest BCUT2D eigenvalue weighted by Crippen LogP contribution is 2.41. The molecule has 32 heavy (non-hydrogen) atoms. The van der Waals surface area contributed by atoms with E-state index in [0.29, 0.717) is 5.69 Å². The number of allylic oxidation sites excluding steroid dienone is 1. The number of carbonyl (C=O) groups is 3. The zero-order valence-corrected chi connectivity index (χ0v) is 18.2. The summed E-state index contributed by atoms with van der Waals surface area (Å²) in [4.78, 5) is 37.5. The van der Waals surface area contributed by atoms with Gasteiger partial charge in [0.25, 0.3) is 0 Å². The first-order chi connectivity index (χ1) is 15.4. The third kappa shape index (κ3) is 4.81. The molecule has 2 N–H and O–H groups in total. The lowest BCUT2D eigenvalue weighted by Crippen LogP contribution is -2.44. The van der Waals surface area contributed by atoms with E-state index in [1.807, 2.05) is 25.1 Å². The van der Waals surface area contributed by atoms with E-state index in [2.05, 4.69) is 10.6 Å². The fraction of sp³-hybridized carbons (Fsp3) is 0.217. The Balaban J connectivity index is 1.92. The summed E-state index contributed by atoms with van der Waals surface area (Å²) in [5, 5.41) is 15.2. The van der Waals surface area contributed by atoms with E-state index < -0.39 is 29.5 Å². The molecule has 9 heteroatoms. The summed E-state index contributed by atoms with van der Waals surface area (Å²) in [6.45, 7) is 1.85. The molecular formula is C23H20FN3O4S. The van der Waals surface area contributed by atoms with Crippen LogP contribution in [0.3, 0.4) is 0 Å². The lowest BCUT2D eigenvalue weighted by atomic mass is 9.78. The van der Waals surface area contributed by atoms with Crippen LogP contribution in [0, 0.1) is 30.0 Å². The summed E-state index contributed by atoms with van der Waals surface area (Å²) in [6.07, 6.45) is 0. The smallest absolute Gasteiger partial charge is 0.319 e. The number of nitriles is 1. The molecule has 0 unspecified atom stereocenters. The van der Waals surface area contributed by atoms with Crippen LogP contribution in [-0.4, -0.2) is 30.6 Å². The minimum absolute atomic E-state index is 0.0150. The average molecular weight is 453 g/mol. The van der Waals surface area contributed by atoms with Crippen molar-refractivity contribution in [3.8, 4) is 6.07 Å². The van der Waals surface area contributed by atoms with Crippen molar-refractivity contribution in [2.75, 3.05) is 18.2 Å². The van der Waals surface area contributed by atoms with E-state index in [4.69, 9.17) is 4.74 Å². The molecule has 0 aromatic heterocycles. The van der Waals surface area contributed by atoms with Crippen molar-refractivity contribution >= 4 is 35.2 Å². The topological polar surface area (TPSA) is 108 Å². The number of benzene rings is 2. The van der Waals surface area contributed by atoms with Crippen LogP contribution >= 0.6 is 11.8 Å². The van der Waals surface area contributed by atoms with Gasteiger partial charge >= 0.3 is 5.97 Å². The third-order valence-electron chi connectivity index (χ3n) is 4.99. The van der Waals surface area contributed by atoms with E-state index in [9.17, 15) is 24.0 Å². The molecule has 1 aliphatic rings. The lowest BCUT2D eigenvalue weighted by molar-refractivity contribution is -0.150. The molecule has 1 heterocycles. The Bertz CT molecular complexity index is 1140. The molecule has 164 valence electrons. The van der Waals surface area contributed by atoms with Crippen molar-refractivity contribution in [3.63, 3.8) is 0 Å². The summed E-state index contributed by atoms with van der Waals surface area (Å²) < 4.78 is 19.3. The molecule has 0 spiro atoms. The highest BCUT2D eigenvalue weighted by Gasteiger charge is 2.45. The summed E-state index contributed by atoms with van der Waals surface area (Å²) in [5.41, 5.74) is 1.54. The van der Waals surface area contributed by atoms with Gasteiger partial charge < -0.3 is 15.4 Å². The maximum absolute atomic E-state index is 14.6. The van der Waals surface area contributed by atoms with Gasteiger partial charge in [0, 0.05) is 11.6 Å². The molecule has 2 amide bonds. The van der Waals surface area contributed by atoms with Gasteiger partial charge in [0.05, 0.1) is 29.5 Å². The number of ether oxygens (including phenoxy) is 1. The second-order valence-electron chi connectivity index (χ2n) is 7.00. The number of nitrogens with zero attached hydrogens (tertiary/aromatic N) is 1. The van der Waals surface area contributed by atoms with Crippen LogP contribution in [0.5, 0.6) is 0 Å². The van der Waals surface area contributed by atoms with Gasteiger partial charge in [-0.05, 0) is 30.2 Å². The maximum Gasteiger partial charge on any atom is 0.319 e. The highest BCUT2D eigenvalue weighted by atomic mass is 32.2. The van der Waals surface area contributed by atoms with Gasteiger partial charge in [0.15, 0.2) is 0 Å². The minimum Gasteiger partial charge on any atom is -0.468 e. The molecule has 2 aromatic carbocycles. The molecule has 0 saturated carbocycles. The van der Waals surface area contributed by atoms with Crippen LogP contribution in [-0.2, 0) is 19.1 Å². The molecule has 0 radical (unpaired) electrons. The molecule has 0 saturated heterocycles. The van der Waals surface area contributed by atoms with Gasteiger partial charge in [-0.3, -0.25) is 14.4 Å². The average Bonchev–Trinajstić information content (AvgIpc) is 2.78. The molecule has 2 aromatic rings. The zero-order valence-electron chi connectivity index (χ0n) is 17.3. The van der Waals surface area contributed by atoms with E-state index in [1.54, 1.807) is 18.2 Å². The SMILES string of the molecule is COC(=O)[C@@H]1C(=O)NC(SCC(=O)Nc2ccccc2C)=C(C#N)[C@@H]1c1ccccc1F. The molecule has 7 nitrogen and oxygen atoms in total. The molecule has 1 aliphatic heterocycles. The van der Waals surface area contributed by atoms with Gasteiger partial charge in [-0.1, -0.05) is 48.2 Å². The van der Waals surface area contributed by atoms with Crippen LogP contribution < -0.4 is 10.6 Å². The number of esters is 1. The Labute approximate surface area is 188 Å². The molecule has 3 rings (SSSR count). The number of thioether (sulfide) groups is 1. The van der Waals surface area contributed by atoms with Crippen molar-refractivity contribution in [1.29, 1.82) is 5.26 Å². The Morgan fingerprint density at radius 1 is 1.22 bits per heavy atom. The summed E-state index contributed by atoms with van der Waals surface area (Å²) in [7, 11) is 1.12. The summed E-state index contributed by atoms with van der Waals surface area (Å²) in [6, 6.07) is 14.9. The van der Waals surface area contributed by atoms with Crippen molar-refractivity contribution in [2.45, 2.75) is 12.8 Å². The fourth-order valence-corrected chi connectivity index (χ4v) is 4.27. The van der Waals surface area contributed by atoms with Crippen molar-refractivity contribution in [1.82, 2.24) is 5.32 Å². The van der Waals surface area contributed by atoms with Crippen molar-refractivity contribution in [2.24, 2.45) is 5.92 Å². The number of halogens is 1. The fourth-order valence-electron chi connectivity index (χ4n) is 3.42. The molecular weight excluding hydrogens is 433 g/mol. The number of rotatable bonds is 6. The van der Waals surface area contributed by atoms with Crippen LogP contribution in [0.4, 0.5) is 10.1 Å². The van der Waals surface area contributed by atoms with Crippen molar-refractivity contribution in [3.05, 3.63) is 76.1 Å². The van der Waals surface area contributed by atoms with E-state index in [1.165, 1.54) is 18.2 Å². The van der Waals surface area contributed by atoms with Gasteiger partial charge in [0.1, 0.15) is 11.7 Å². The molecule has 0 aliphatic carbocycles. The third-order valence-corrected chi connectivity index (χ3v) is 6.01. The van der Waals surface area contributed by atoms with E-state index in [0.717, 1.165) is 24.4 Å². The number of carbonyl (C=O) groups excluding carboxylic acids is 3. The first-order valence-electron chi connectivity index (χ1n) is 9.63. The Morgan fingerprint density at radius 3 is 2.56 bits per heavy atom. The number of hydrogen-bond donors (Lipinski definition) is 2. The predicted molar refractivity (Wildman–Crippen MR) is 118 cm³/mol. The number of para-hydroxylation sites is 1. The molecule has 2 atom stereocenters. The Hall–Kier alpha value is -3.64. The summed E-state index contributed by atoms with van der Waals surface area (Å²) in [5.74, 6) is -5.34. The number of aryl methyl sites for hydroxylation is 1. The zero-order chi connectivity index (χ0) is 23.3. The largest absolute Gasteiger partial charge is 0.468 e.